The number of rotatable bonds is 5. The van der Waals surface area contributed by atoms with E-state index in [1.807, 2.05) is 26.0 Å². The lowest BCUT2D eigenvalue weighted by atomic mass is 10.1. The Kier molecular flexibility index (Phi) is 6.52. The topological polar surface area (TPSA) is 95.9 Å². The second-order valence-corrected chi connectivity index (χ2v) is 8.57. The Hall–Kier alpha value is -2.78. The van der Waals surface area contributed by atoms with Gasteiger partial charge in [0.2, 0.25) is 5.91 Å². The molecule has 0 bridgehead atoms. The van der Waals surface area contributed by atoms with Crippen LogP contribution in [0.25, 0.3) is 6.08 Å². The molecule has 3 amide bonds. The maximum Gasteiger partial charge on any atom is 0.294 e. The number of methoxy groups -OCH3 is 1. The van der Waals surface area contributed by atoms with Crippen molar-refractivity contribution in [3.05, 3.63) is 56.4 Å². The summed E-state index contributed by atoms with van der Waals surface area (Å²) in [7, 11) is 1.41. The Morgan fingerprint density at radius 1 is 1.23 bits per heavy atom. The molecular formula is C21H19BrN2O5S. The summed E-state index contributed by atoms with van der Waals surface area (Å²) >= 11 is 4.02. The zero-order valence-electron chi connectivity index (χ0n) is 16.5. The van der Waals surface area contributed by atoms with E-state index in [4.69, 9.17) is 4.74 Å². The van der Waals surface area contributed by atoms with Crippen LogP contribution < -0.4 is 10.1 Å². The second kappa shape index (κ2) is 8.93. The van der Waals surface area contributed by atoms with E-state index in [0.29, 0.717) is 27.5 Å². The molecule has 2 N–H and O–H groups in total. The summed E-state index contributed by atoms with van der Waals surface area (Å²) in [5.41, 5.74) is 3.02. The van der Waals surface area contributed by atoms with Crippen molar-refractivity contribution >= 4 is 56.5 Å². The van der Waals surface area contributed by atoms with Crippen LogP contribution in [0.4, 0.5) is 10.5 Å². The van der Waals surface area contributed by atoms with Crippen molar-refractivity contribution in [2.45, 2.75) is 13.8 Å². The molecule has 3 rings (SSSR count). The normalized spacial score (nSPS) is 15.1. The van der Waals surface area contributed by atoms with Crippen molar-refractivity contribution in [1.29, 1.82) is 0 Å². The third-order valence-electron chi connectivity index (χ3n) is 4.54. The summed E-state index contributed by atoms with van der Waals surface area (Å²) < 4.78 is 5.73. The summed E-state index contributed by atoms with van der Waals surface area (Å²) in [5.74, 6) is -1.00. The summed E-state index contributed by atoms with van der Waals surface area (Å²) in [6.07, 6.45) is 1.40. The zero-order valence-corrected chi connectivity index (χ0v) is 18.9. The van der Waals surface area contributed by atoms with Gasteiger partial charge in [-0.1, -0.05) is 22.0 Å². The number of hydrogen-bond donors (Lipinski definition) is 2. The fraction of sp³-hybridized carbons (Fsp3) is 0.190. The number of amides is 3. The Labute approximate surface area is 186 Å². The van der Waals surface area contributed by atoms with E-state index in [-0.39, 0.29) is 16.4 Å². The standard InChI is InChI=1S/C21H19BrN2O5S/c1-11-4-5-15(6-12(11)2)23-18(25)10-24-20(27)17(30-21(24)28)8-13-7-14(22)9-16(29-3)19(13)26/h4-9,26H,10H2,1-3H3,(H,23,25)/b17-8-. The average Bonchev–Trinajstić information content (AvgIpc) is 2.94. The number of imide groups is 1. The van der Waals surface area contributed by atoms with Gasteiger partial charge < -0.3 is 15.2 Å². The third-order valence-corrected chi connectivity index (χ3v) is 5.91. The fourth-order valence-electron chi connectivity index (χ4n) is 2.80. The molecule has 0 aliphatic carbocycles. The SMILES string of the molecule is COc1cc(Br)cc(/C=C2\SC(=O)N(CC(=O)Nc3ccc(C)c(C)c3)C2=O)c1O. The number of nitrogens with one attached hydrogen (secondary N) is 1. The number of benzene rings is 2. The molecule has 0 aromatic heterocycles. The minimum atomic E-state index is -0.599. The van der Waals surface area contributed by atoms with Crippen LogP contribution in [0.5, 0.6) is 11.5 Å². The summed E-state index contributed by atoms with van der Waals surface area (Å²) in [6.45, 7) is 3.49. The maximum absolute atomic E-state index is 12.7. The highest BCUT2D eigenvalue weighted by atomic mass is 79.9. The predicted octanol–water partition coefficient (Wildman–Crippen LogP) is 4.46. The maximum atomic E-state index is 12.7. The number of phenols is 1. The van der Waals surface area contributed by atoms with Crippen LogP contribution in [0, 0.1) is 13.8 Å². The molecule has 7 nitrogen and oxygen atoms in total. The van der Waals surface area contributed by atoms with E-state index in [9.17, 15) is 19.5 Å². The lowest BCUT2D eigenvalue weighted by molar-refractivity contribution is -0.127. The van der Waals surface area contributed by atoms with Crippen molar-refractivity contribution in [2.24, 2.45) is 0 Å². The number of aromatic hydroxyl groups is 1. The van der Waals surface area contributed by atoms with Gasteiger partial charge in [0.1, 0.15) is 6.54 Å². The van der Waals surface area contributed by atoms with Gasteiger partial charge in [0.05, 0.1) is 12.0 Å². The lowest BCUT2D eigenvalue weighted by Crippen LogP contribution is -2.36. The fourth-order valence-corrected chi connectivity index (χ4v) is 4.08. The molecule has 1 saturated heterocycles. The Balaban J connectivity index is 1.76. The van der Waals surface area contributed by atoms with Crippen LogP contribution in [-0.4, -0.2) is 40.7 Å². The average molecular weight is 491 g/mol. The number of carbonyl (C=O) groups is 3. The number of phenolic OH excluding ortho intramolecular Hbond substituents is 1. The van der Waals surface area contributed by atoms with Crippen LogP contribution in [-0.2, 0) is 9.59 Å². The third kappa shape index (κ3) is 4.68. The van der Waals surface area contributed by atoms with Gasteiger partial charge in [0.25, 0.3) is 11.1 Å². The van der Waals surface area contributed by atoms with Gasteiger partial charge in [-0.2, -0.15) is 0 Å². The van der Waals surface area contributed by atoms with E-state index in [1.165, 1.54) is 13.2 Å². The number of ether oxygens (including phenoxy) is 1. The molecule has 156 valence electrons. The van der Waals surface area contributed by atoms with E-state index in [1.54, 1.807) is 18.2 Å². The first-order valence-electron chi connectivity index (χ1n) is 8.88. The van der Waals surface area contributed by atoms with Gasteiger partial charge in [0.15, 0.2) is 11.5 Å². The van der Waals surface area contributed by atoms with Crippen molar-refractivity contribution in [2.75, 3.05) is 19.0 Å². The second-order valence-electron chi connectivity index (χ2n) is 6.66. The van der Waals surface area contributed by atoms with Gasteiger partial charge in [-0.15, -0.1) is 0 Å². The number of halogens is 1. The van der Waals surface area contributed by atoms with Gasteiger partial charge in [-0.05, 0) is 67.1 Å². The molecule has 1 heterocycles. The highest BCUT2D eigenvalue weighted by Gasteiger charge is 2.36. The first-order chi connectivity index (χ1) is 14.2. The van der Waals surface area contributed by atoms with E-state index in [2.05, 4.69) is 21.2 Å². The Morgan fingerprint density at radius 2 is 1.97 bits per heavy atom. The quantitative estimate of drug-likeness (QED) is 0.600. The first-order valence-corrected chi connectivity index (χ1v) is 10.5. The first kappa shape index (κ1) is 21.9. The lowest BCUT2D eigenvalue weighted by Gasteiger charge is -2.13. The molecule has 0 spiro atoms. The molecule has 1 aliphatic heterocycles. The van der Waals surface area contributed by atoms with E-state index >= 15 is 0 Å². The van der Waals surface area contributed by atoms with Crippen LogP contribution >= 0.6 is 27.7 Å². The molecule has 0 saturated carbocycles. The number of hydrogen-bond acceptors (Lipinski definition) is 6. The molecule has 0 radical (unpaired) electrons. The predicted molar refractivity (Wildman–Crippen MR) is 120 cm³/mol. The van der Waals surface area contributed by atoms with Gasteiger partial charge in [-0.3, -0.25) is 19.3 Å². The van der Waals surface area contributed by atoms with Crippen molar-refractivity contribution in [3.63, 3.8) is 0 Å². The summed E-state index contributed by atoms with van der Waals surface area (Å²) in [5, 5.41) is 12.4. The number of nitrogens with zero attached hydrogens (tertiary/aromatic N) is 1. The molecule has 9 heteroatoms. The van der Waals surface area contributed by atoms with Crippen molar-refractivity contribution < 1.29 is 24.2 Å². The molecule has 0 atom stereocenters. The molecule has 1 aliphatic rings. The van der Waals surface area contributed by atoms with Gasteiger partial charge in [0, 0.05) is 15.7 Å². The molecule has 0 unspecified atom stereocenters. The minimum Gasteiger partial charge on any atom is -0.504 e. The van der Waals surface area contributed by atoms with Crippen LogP contribution in [0.1, 0.15) is 16.7 Å². The van der Waals surface area contributed by atoms with Crippen molar-refractivity contribution in [1.82, 2.24) is 4.90 Å². The minimum absolute atomic E-state index is 0.106. The zero-order chi connectivity index (χ0) is 22.0. The van der Waals surface area contributed by atoms with Crippen molar-refractivity contribution in [3.8, 4) is 11.5 Å². The molecule has 2 aromatic carbocycles. The number of aryl methyl sites for hydroxylation is 2. The Morgan fingerprint density at radius 3 is 2.63 bits per heavy atom. The van der Waals surface area contributed by atoms with Crippen LogP contribution in [0.3, 0.4) is 0 Å². The van der Waals surface area contributed by atoms with Crippen LogP contribution in [0.15, 0.2) is 39.7 Å². The van der Waals surface area contributed by atoms with Gasteiger partial charge >= 0.3 is 0 Å². The smallest absolute Gasteiger partial charge is 0.294 e. The number of anilines is 1. The largest absolute Gasteiger partial charge is 0.504 e. The van der Waals surface area contributed by atoms with E-state index < -0.39 is 23.6 Å². The van der Waals surface area contributed by atoms with Crippen LogP contribution in [0.2, 0.25) is 0 Å². The number of carbonyl (C=O) groups excluding carboxylic acids is 3. The highest BCUT2D eigenvalue weighted by molar-refractivity contribution is 9.10. The summed E-state index contributed by atoms with van der Waals surface area (Å²) in [4.78, 5) is 38.3. The monoisotopic (exact) mass is 490 g/mol. The number of thioether (sulfide) groups is 1. The van der Waals surface area contributed by atoms with Gasteiger partial charge in [-0.25, -0.2) is 0 Å². The van der Waals surface area contributed by atoms with E-state index in [0.717, 1.165) is 16.0 Å². The molecule has 2 aromatic rings. The molecule has 30 heavy (non-hydrogen) atoms. The highest BCUT2D eigenvalue weighted by Crippen LogP contribution is 2.38. The molecular weight excluding hydrogens is 472 g/mol. The summed E-state index contributed by atoms with van der Waals surface area (Å²) in [6, 6.07) is 8.64. The Bertz CT molecular complexity index is 1080. The molecule has 1 fully saturated rings.